The number of halogens is 1. The second-order valence-corrected chi connectivity index (χ2v) is 5.87. The number of ether oxygens (including phenoxy) is 3. The van der Waals surface area contributed by atoms with Crippen LogP contribution in [0.3, 0.4) is 0 Å². The summed E-state index contributed by atoms with van der Waals surface area (Å²) in [5.74, 6) is 1.93. The van der Waals surface area contributed by atoms with Gasteiger partial charge in [-0.2, -0.15) is 0 Å². The number of methoxy groups -OCH3 is 1. The molecule has 0 saturated carbocycles. The molecule has 0 aliphatic heterocycles. The van der Waals surface area contributed by atoms with Crippen LogP contribution < -0.4 is 19.5 Å². The van der Waals surface area contributed by atoms with Gasteiger partial charge in [0.15, 0.2) is 6.61 Å². The van der Waals surface area contributed by atoms with Gasteiger partial charge in [0.1, 0.15) is 23.9 Å². The maximum atomic E-state index is 11.7. The third-order valence-corrected chi connectivity index (χ3v) is 3.64. The fourth-order valence-electron chi connectivity index (χ4n) is 1.78. The molecule has 2 aromatic rings. The fourth-order valence-corrected chi connectivity index (χ4v) is 2.14. The van der Waals surface area contributed by atoms with E-state index < -0.39 is 0 Å². The monoisotopic (exact) mass is 427 g/mol. The summed E-state index contributed by atoms with van der Waals surface area (Å²) in [7, 11) is 1.60. The van der Waals surface area contributed by atoms with Crippen molar-refractivity contribution in [3.63, 3.8) is 0 Å². The normalized spacial score (nSPS) is 10.0. The first-order valence-corrected chi connectivity index (χ1v) is 8.17. The van der Waals surface area contributed by atoms with E-state index in [2.05, 4.69) is 27.9 Å². The molecule has 6 heteroatoms. The second kappa shape index (κ2) is 9.24. The Morgan fingerprint density at radius 3 is 2.52 bits per heavy atom. The van der Waals surface area contributed by atoms with Gasteiger partial charge >= 0.3 is 0 Å². The lowest BCUT2D eigenvalue weighted by molar-refractivity contribution is -0.123. The lowest BCUT2D eigenvalue weighted by Crippen LogP contribution is -2.32. The van der Waals surface area contributed by atoms with Gasteiger partial charge in [0.05, 0.1) is 13.7 Å². The standard InChI is InChI=1S/C17H18INO4/c1-21-15-3-2-4-16(11-15)22-10-9-19-17(20)12-23-14-7-5-13(18)6-8-14/h2-8,11H,9-10,12H2,1H3,(H,19,20). The highest BCUT2D eigenvalue weighted by Gasteiger charge is 2.03. The highest BCUT2D eigenvalue weighted by Crippen LogP contribution is 2.18. The zero-order valence-corrected chi connectivity index (χ0v) is 14.9. The van der Waals surface area contributed by atoms with Crippen LogP contribution >= 0.6 is 22.6 Å². The Kier molecular flexibility index (Phi) is 6.99. The van der Waals surface area contributed by atoms with Gasteiger partial charge < -0.3 is 19.5 Å². The summed E-state index contributed by atoms with van der Waals surface area (Å²) >= 11 is 2.21. The van der Waals surface area contributed by atoms with E-state index in [1.54, 1.807) is 13.2 Å². The van der Waals surface area contributed by atoms with E-state index in [0.717, 1.165) is 9.32 Å². The van der Waals surface area contributed by atoms with E-state index in [-0.39, 0.29) is 12.5 Å². The Labute approximate surface area is 149 Å². The Balaban J connectivity index is 1.63. The Morgan fingerprint density at radius 2 is 1.78 bits per heavy atom. The van der Waals surface area contributed by atoms with Gasteiger partial charge in [-0.25, -0.2) is 0 Å². The van der Waals surface area contributed by atoms with E-state index >= 15 is 0 Å². The summed E-state index contributed by atoms with van der Waals surface area (Å²) < 4.78 is 17.2. The average Bonchev–Trinajstić information content (AvgIpc) is 2.58. The van der Waals surface area contributed by atoms with E-state index in [1.165, 1.54) is 0 Å². The molecular weight excluding hydrogens is 409 g/mol. The molecule has 0 spiro atoms. The molecule has 0 radical (unpaired) electrons. The number of carbonyl (C=O) groups is 1. The van der Waals surface area contributed by atoms with Crippen molar-refractivity contribution in [2.75, 3.05) is 26.9 Å². The number of amides is 1. The second-order valence-electron chi connectivity index (χ2n) is 4.62. The first-order valence-electron chi connectivity index (χ1n) is 7.09. The Morgan fingerprint density at radius 1 is 1.04 bits per heavy atom. The van der Waals surface area contributed by atoms with Crippen molar-refractivity contribution < 1.29 is 19.0 Å². The summed E-state index contributed by atoms with van der Waals surface area (Å²) in [6, 6.07) is 14.8. The van der Waals surface area contributed by atoms with Crippen LogP contribution in [0.4, 0.5) is 0 Å². The van der Waals surface area contributed by atoms with Crippen LogP contribution in [0.1, 0.15) is 0 Å². The summed E-state index contributed by atoms with van der Waals surface area (Å²) in [5, 5.41) is 2.74. The quantitative estimate of drug-likeness (QED) is 0.520. The van der Waals surface area contributed by atoms with Gasteiger partial charge in [0, 0.05) is 9.64 Å². The van der Waals surface area contributed by atoms with Crippen molar-refractivity contribution in [2.24, 2.45) is 0 Å². The van der Waals surface area contributed by atoms with Crippen molar-refractivity contribution >= 4 is 28.5 Å². The lowest BCUT2D eigenvalue weighted by atomic mass is 10.3. The molecule has 0 unspecified atom stereocenters. The van der Waals surface area contributed by atoms with Crippen LogP contribution in [0.25, 0.3) is 0 Å². The zero-order valence-electron chi connectivity index (χ0n) is 12.8. The summed E-state index contributed by atoms with van der Waals surface area (Å²) in [5.41, 5.74) is 0. The van der Waals surface area contributed by atoms with Gasteiger partial charge in [-0.3, -0.25) is 4.79 Å². The molecule has 0 bridgehead atoms. The molecule has 0 saturated heterocycles. The molecule has 0 aromatic heterocycles. The molecule has 0 atom stereocenters. The molecule has 0 fully saturated rings. The molecule has 23 heavy (non-hydrogen) atoms. The van der Waals surface area contributed by atoms with Crippen molar-refractivity contribution in [2.45, 2.75) is 0 Å². The predicted octanol–water partition coefficient (Wildman–Crippen LogP) is 2.87. The first kappa shape index (κ1) is 17.4. The maximum absolute atomic E-state index is 11.7. The zero-order chi connectivity index (χ0) is 16.5. The van der Waals surface area contributed by atoms with Crippen molar-refractivity contribution in [3.05, 3.63) is 52.1 Å². The predicted molar refractivity (Wildman–Crippen MR) is 96.2 cm³/mol. The van der Waals surface area contributed by atoms with E-state index in [1.807, 2.05) is 42.5 Å². The minimum Gasteiger partial charge on any atom is -0.497 e. The number of benzene rings is 2. The van der Waals surface area contributed by atoms with Gasteiger partial charge in [0.2, 0.25) is 0 Å². The molecule has 1 N–H and O–H groups in total. The molecule has 2 aromatic carbocycles. The first-order chi connectivity index (χ1) is 11.2. The SMILES string of the molecule is COc1cccc(OCCNC(=O)COc2ccc(I)cc2)c1. The van der Waals surface area contributed by atoms with E-state index in [9.17, 15) is 4.79 Å². The largest absolute Gasteiger partial charge is 0.497 e. The highest BCUT2D eigenvalue weighted by atomic mass is 127. The van der Waals surface area contributed by atoms with E-state index in [0.29, 0.717) is 24.7 Å². The molecule has 5 nitrogen and oxygen atoms in total. The summed E-state index contributed by atoms with van der Waals surface area (Å²) in [4.78, 5) is 11.7. The van der Waals surface area contributed by atoms with Crippen LogP contribution in [0, 0.1) is 3.57 Å². The van der Waals surface area contributed by atoms with Crippen LogP contribution in [0.5, 0.6) is 17.2 Å². The number of carbonyl (C=O) groups excluding carboxylic acids is 1. The summed E-state index contributed by atoms with van der Waals surface area (Å²) in [6.07, 6.45) is 0. The number of hydrogen-bond donors (Lipinski definition) is 1. The van der Waals surface area contributed by atoms with Crippen molar-refractivity contribution in [1.29, 1.82) is 0 Å². The van der Waals surface area contributed by atoms with Crippen molar-refractivity contribution in [3.8, 4) is 17.2 Å². The molecular formula is C17H18INO4. The van der Waals surface area contributed by atoms with Gasteiger partial charge in [0.25, 0.3) is 5.91 Å². The Bertz CT molecular complexity index is 631. The lowest BCUT2D eigenvalue weighted by Gasteiger charge is -2.09. The molecule has 0 heterocycles. The van der Waals surface area contributed by atoms with Gasteiger partial charge in [-0.05, 0) is 59.0 Å². The Hall–Kier alpha value is -1.96. The number of nitrogens with one attached hydrogen (secondary N) is 1. The van der Waals surface area contributed by atoms with Crippen LogP contribution in [-0.2, 0) is 4.79 Å². The smallest absolute Gasteiger partial charge is 0.258 e. The van der Waals surface area contributed by atoms with Crippen LogP contribution in [0.2, 0.25) is 0 Å². The maximum Gasteiger partial charge on any atom is 0.258 e. The highest BCUT2D eigenvalue weighted by molar-refractivity contribution is 14.1. The minimum atomic E-state index is -0.183. The number of rotatable bonds is 8. The third kappa shape index (κ3) is 6.35. The van der Waals surface area contributed by atoms with Gasteiger partial charge in [-0.1, -0.05) is 6.07 Å². The van der Waals surface area contributed by atoms with Crippen molar-refractivity contribution in [1.82, 2.24) is 5.32 Å². The topological polar surface area (TPSA) is 56.8 Å². The third-order valence-electron chi connectivity index (χ3n) is 2.92. The molecule has 122 valence electrons. The average molecular weight is 427 g/mol. The van der Waals surface area contributed by atoms with Crippen LogP contribution in [-0.4, -0.2) is 32.8 Å². The molecule has 2 rings (SSSR count). The summed E-state index contributed by atoms with van der Waals surface area (Å²) in [6.45, 7) is 0.772. The van der Waals surface area contributed by atoms with Gasteiger partial charge in [-0.15, -0.1) is 0 Å². The minimum absolute atomic E-state index is 0.0141. The van der Waals surface area contributed by atoms with E-state index in [4.69, 9.17) is 14.2 Å². The molecule has 0 aliphatic rings. The fraction of sp³-hybridized carbons (Fsp3) is 0.235. The molecule has 1 amide bonds. The molecule has 0 aliphatic carbocycles. The number of hydrogen-bond acceptors (Lipinski definition) is 4. The van der Waals surface area contributed by atoms with Crippen LogP contribution in [0.15, 0.2) is 48.5 Å².